The van der Waals surface area contributed by atoms with E-state index >= 15 is 0 Å². The molecule has 8 nitrogen and oxygen atoms in total. The first-order valence-corrected chi connectivity index (χ1v) is 11.8. The van der Waals surface area contributed by atoms with Crippen LogP contribution in [0.15, 0.2) is 24.5 Å². The van der Waals surface area contributed by atoms with Gasteiger partial charge in [0.15, 0.2) is 0 Å². The number of hydrogen-bond acceptors (Lipinski definition) is 6. The maximum absolute atomic E-state index is 13.4. The number of carbonyl (C=O) groups excluding carboxylic acids is 1. The topological polar surface area (TPSA) is 107 Å². The zero-order valence-electron chi connectivity index (χ0n) is 19.6. The summed E-state index contributed by atoms with van der Waals surface area (Å²) in [5.74, 6) is -0.376. The number of anilines is 1. The van der Waals surface area contributed by atoms with E-state index in [-0.39, 0.29) is 23.5 Å². The summed E-state index contributed by atoms with van der Waals surface area (Å²) >= 11 is 6.15. The fraction of sp³-hybridized carbons (Fsp3) is 0.583. The monoisotopic (exact) mass is 473 g/mol. The lowest BCUT2D eigenvalue weighted by Crippen LogP contribution is -2.59. The number of rotatable bonds is 5. The quantitative estimate of drug-likeness (QED) is 0.607. The van der Waals surface area contributed by atoms with Crippen molar-refractivity contribution in [3.05, 3.63) is 29.5 Å². The first-order valence-electron chi connectivity index (χ1n) is 11.5. The van der Waals surface area contributed by atoms with Crippen molar-refractivity contribution < 1.29 is 14.7 Å². The fourth-order valence-electron chi connectivity index (χ4n) is 5.35. The first-order chi connectivity index (χ1) is 15.5. The molecule has 9 heteroatoms. The Morgan fingerprint density at radius 3 is 2.70 bits per heavy atom. The predicted octanol–water partition coefficient (Wildman–Crippen LogP) is 3.70. The van der Waals surface area contributed by atoms with E-state index in [1.165, 1.54) is 6.33 Å². The van der Waals surface area contributed by atoms with Gasteiger partial charge in [-0.25, -0.2) is 9.97 Å². The number of aliphatic carboxylic acids is 1. The smallest absolute Gasteiger partial charge is 0.311 e. The second kappa shape index (κ2) is 8.72. The van der Waals surface area contributed by atoms with E-state index in [0.29, 0.717) is 36.6 Å². The summed E-state index contributed by atoms with van der Waals surface area (Å²) in [6.07, 6.45) is 4.02. The molecule has 4 rings (SSSR count). The molecule has 1 aromatic heterocycles. The van der Waals surface area contributed by atoms with Gasteiger partial charge in [-0.3, -0.25) is 9.59 Å². The number of halogens is 1. The minimum Gasteiger partial charge on any atom is -0.481 e. The van der Waals surface area contributed by atoms with Crippen molar-refractivity contribution in [2.24, 2.45) is 5.41 Å². The zero-order valence-corrected chi connectivity index (χ0v) is 20.3. The lowest BCUT2D eigenvalue weighted by atomic mass is 9.68. The van der Waals surface area contributed by atoms with E-state index in [2.05, 4.69) is 41.4 Å². The van der Waals surface area contributed by atoms with Crippen LogP contribution in [-0.2, 0) is 9.59 Å². The van der Waals surface area contributed by atoms with Crippen LogP contribution < -0.4 is 10.6 Å². The molecule has 0 bridgehead atoms. The molecule has 178 valence electrons. The lowest BCUT2D eigenvalue weighted by Gasteiger charge is -2.47. The van der Waals surface area contributed by atoms with Crippen molar-refractivity contribution in [3.8, 4) is 0 Å². The third-order valence-electron chi connectivity index (χ3n) is 6.84. The summed E-state index contributed by atoms with van der Waals surface area (Å²) in [5.41, 5.74) is -0.373. The summed E-state index contributed by atoms with van der Waals surface area (Å²) in [7, 11) is 0. The van der Waals surface area contributed by atoms with Crippen LogP contribution in [0.3, 0.4) is 0 Å². The Bertz CT molecular complexity index is 1070. The number of benzene rings is 1. The van der Waals surface area contributed by atoms with Gasteiger partial charge in [0, 0.05) is 34.6 Å². The van der Waals surface area contributed by atoms with Crippen LogP contribution in [0.1, 0.15) is 53.4 Å². The number of carboxylic acid groups (broad SMARTS) is 1. The van der Waals surface area contributed by atoms with Crippen molar-refractivity contribution in [1.29, 1.82) is 0 Å². The summed E-state index contributed by atoms with van der Waals surface area (Å²) in [6.45, 7) is 8.56. The van der Waals surface area contributed by atoms with E-state index in [1.54, 1.807) is 24.0 Å². The van der Waals surface area contributed by atoms with Gasteiger partial charge in [-0.15, -0.1) is 0 Å². The molecular weight excluding hydrogens is 442 g/mol. The molecule has 3 N–H and O–H groups in total. The molecule has 1 aliphatic heterocycles. The SMILES string of the molecule is CC(C)(C)NC1CCC(N2CC[C@H](Nc3ncnc4ccc(Cl)cc34)C2=O)C(C)(C(=O)O)C1. The summed E-state index contributed by atoms with van der Waals surface area (Å²) in [6, 6.07) is 4.65. The molecular formula is C24H32ClN5O3. The number of nitrogens with one attached hydrogen (secondary N) is 2. The molecule has 0 spiro atoms. The summed E-state index contributed by atoms with van der Waals surface area (Å²) in [5, 5.41) is 18.3. The number of likely N-dealkylation sites (tertiary alicyclic amines) is 1. The van der Waals surface area contributed by atoms with E-state index in [9.17, 15) is 14.7 Å². The number of amides is 1. The van der Waals surface area contributed by atoms with Crippen molar-refractivity contribution in [2.45, 2.75) is 77.0 Å². The highest BCUT2D eigenvalue weighted by Gasteiger charge is 2.52. The Kier molecular flexibility index (Phi) is 6.26. The molecule has 2 aliphatic rings. The largest absolute Gasteiger partial charge is 0.481 e. The Hall–Kier alpha value is -2.45. The van der Waals surface area contributed by atoms with Gasteiger partial charge in [-0.05, 0) is 71.6 Å². The van der Waals surface area contributed by atoms with Gasteiger partial charge < -0.3 is 20.6 Å². The van der Waals surface area contributed by atoms with Crippen LogP contribution in [0.4, 0.5) is 5.82 Å². The summed E-state index contributed by atoms with van der Waals surface area (Å²) in [4.78, 5) is 36.2. The van der Waals surface area contributed by atoms with Crippen molar-refractivity contribution in [3.63, 3.8) is 0 Å². The second-order valence-electron chi connectivity index (χ2n) is 10.5. The van der Waals surface area contributed by atoms with Gasteiger partial charge in [-0.2, -0.15) is 0 Å². The minimum atomic E-state index is -1.01. The molecule has 1 aliphatic carbocycles. The average molecular weight is 474 g/mol. The van der Waals surface area contributed by atoms with Crippen molar-refractivity contribution in [1.82, 2.24) is 20.2 Å². The molecule has 2 heterocycles. The standard InChI is InChI=1S/C24H32ClN5O3/c1-23(2,3)29-15-6-8-19(24(4,12-15)22(32)33)30-10-9-18(21(30)31)28-20-16-11-14(25)5-7-17(16)26-13-27-20/h5,7,11,13,15,18-19,29H,6,8-10,12H2,1-4H3,(H,32,33)(H,26,27,28)/t15?,18-,19?,24?/m0/s1. The number of carboxylic acids is 1. The Labute approximate surface area is 199 Å². The van der Waals surface area contributed by atoms with Crippen LogP contribution >= 0.6 is 11.6 Å². The molecule has 33 heavy (non-hydrogen) atoms. The average Bonchev–Trinajstić information content (AvgIpc) is 3.07. The second-order valence-corrected chi connectivity index (χ2v) is 10.9. The van der Waals surface area contributed by atoms with Gasteiger partial charge >= 0.3 is 5.97 Å². The third-order valence-corrected chi connectivity index (χ3v) is 7.08. The van der Waals surface area contributed by atoms with Gasteiger partial charge in [0.25, 0.3) is 0 Å². The highest BCUT2D eigenvalue weighted by molar-refractivity contribution is 6.31. The highest BCUT2D eigenvalue weighted by atomic mass is 35.5. The van der Waals surface area contributed by atoms with Gasteiger partial charge in [0.1, 0.15) is 18.2 Å². The number of fused-ring (bicyclic) bond motifs is 1. The van der Waals surface area contributed by atoms with Crippen LogP contribution in [-0.4, -0.2) is 62.1 Å². The van der Waals surface area contributed by atoms with Crippen LogP contribution in [0, 0.1) is 5.41 Å². The first kappa shape index (κ1) is 23.7. The molecule has 2 fully saturated rings. The Balaban J connectivity index is 1.53. The molecule has 1 amide bonds. The van der Waals surface area contributed by atoms with Gasteiger partial charge in [0.05, 0.1) is 10.9 Å². The molecule has 1 saturated heterocycles. The summed E-state index contributed by atoms with van der Waals surface area (Å²) < 4.78 is 0. The van der Waals surface area contributed by atoms with Crippen molar-refractivity contribution >= 4 is 40.2 Å². The number of aromatic nitrogens is 2. The van der Waals surface area contributed by atoms with Gasteiger partial charge in [-0.1, -0.05) is 11.6 Å². The molecule has 0 radical (unpaired) electrons. The minimum absolute atomic E-state index is 0.0801. The Morgan fingerprint density at radius 1 is 1.24 bits per heavy atom. The maximum Gasteiger partial charge on any atom is 0.311 e. The predicted molar refractivity (Wildman–Crippen MR) is 128 cm³/mol. The number of hydrogen-bond donors (Lipinski definition) is 3. The van der Waals surface area contributed by atoms with Crippen molar-refractivity contribution in [2.75, 3.05) is 11.9 Å². The van der Waals surface area contributed by atoms with E-state index in [0.717, 1.165) is 17.3 Å². The molecule has 3 unspecified atom stereocenters. The fourth-order valence-corrected chi connectivity index (χ4v) is 5.52. The number of nitrogens with zero attached hydrogens (tertiary/aromatic N) is 3. The third kappa shape index (κ3) is 4.77. The number of carbonyl (C=O) groups is 2. The normalized spacial score (nSPS) is 28.3. The van der Waals surface area contributed by atoms with E-state index in [1.807, 2.05) is 6.07 Å². The van der Waals surface area contributed by atoms with E-state index in [4.69, 9.17) is 11.6 Å². The van der Waals surface area contributed by atoms with Crippen LogP contribution in [0.2, 0.25) is 5.02 Å². The van der Waals surface area contributed by atoms with Gasteiger partial charge in [0.2, 0.25) is 5.91 Å². The highest BCUT2D eigenvalue weighted by Crippen LogP contribution is 2.42. The molecule has 1 saturated carbocycles. The maximum atomic E-state index is 13.4. The lowest BCUT2D eigenvalue weighted by molar-refractivity contribution is -0.157. The molecule has 2 aromatic rings. The molecule has 4 atom stereocenters. The van der Waals surface area contributed by atoms with Crippen LogP contribution in [0.25, 0.3) is 10.9 Å². The Morgan fingerprint density at radius 2 is 2.00 bits per heavy atom. The molecule has 1 aromatic carbocycles. The van der Waals surface area contributed by atoms with E-state index < -0.39 is 17.4 Å². The zero-order chi connectivity index (χ0) is 24.0. The van der Waals surface area contributed by atoms with Crippen LogP contribution in [0.5, 0.6) is 0 Å².